The number of nitriles is 1. The fourth-order valence-corrected chi connectivity index (χ4v) is 3.53. The fourth-order valence-electron chi connectivity index (χ4n) is 3.53. The molecule has 1 unspecified atom stereocenters. The lowest BCUT2D eigenvalue weighted by Gasteiger charge is -2.38. The van der Waals surface area contributed by atoms with E-state index in [0.717, 1.165) is 12.8 Å². The maximum absolute atomic E-state index is 12.6. The number of hydrogen-bond donors (Lipinski definition) is 0. The Morgan fingerprint density at radius 1 is 1.45 bits per heavy atom. The van der Waals surface area contributed by atoms with Crippen LogP contribution in [0.1, 0.15) is 53.0 Å². The summed E-state index contributed by atoms with van der Waals surface area (Å²) in [6.07, 6.45) is 1.48. The Bertz CT molecular complexity index is 795. The molecule has 0 saturated carbocycles. The molecule has 0 spiro atoms. The highest BCUT2D eigenvalue weighted by Gasteiger charge is 2.30. The second kappa shape index (κ2) is 9.12. The number of carbonyl (C=O) groups is 1. The number of nitro groups is 1. The van der Waals surface area contributed by atoms with Gasteiger partial charge in [-0.1, -0.05) is 0 Å². The molecule has 0 N–H and O–H groups in total. The van der Waals surface area contributed by atoms with Crippen LogP contribution >= 0.6 is 0 Å². The van der Waals surface area contributed by atoms with E-state index in [4.69, 9.17) is 10.00 Å². The zero-order chi connectivity index (χ0) is 21.8. The van der Waals surface area contributed by atoms with Gasteiger partial charge in [0.05, 0.1) is 16.6 Å². The van der Waals surface area contributed by atoms with Crippen LogP contribution in [0, 0.1) is 27.4 Å². The Morgan fingerprint density at radius 2 is 2.14 bits per heavy atom. The highest BCUT2D eigenvalue weighted by Crippen LogP contribution is 2.33. The Kier molecular flexibility index (Phi) is 7.07. The van der Waals surface area contributed by atoms with Crippen molar-refractivity contribution in [2.75, 3.05) is 24.5 Å². The number of carbonyl (C=O) groups excluding carboxylic acids is 1. The van der Waals surface area contributed by atoms with Crippen LogP contribution < -0.4 is 4.90 Å². The molecule has 1 aliphatic heterocycles. The lowest BCUT2D eigenvalue weighted by atomic mass is 9.96. The molecule has 0 aromatic heterocycles. The van der Waals surface area contributed by atoms with Gasteiger partial charge in [-0.05, 0) is 65.5 Å². The number of anilines is 1. The number of nitro benzene ring substituents is 1. The van der Waals surface area contributed by atoms with E-state index < -0.39 is 10.5 Å². The molecule has 158 valence electrons. The van der Waals surface area contributed by atoms with Crippen molar-refractivity contribution < 1.29 is 14.5 Å². The Hall–Kier alpha value is -2.82. The number of rotatable bonds is 5. The van der Waals surface area contributed by atoms with Crippen molar-refractivity contribution in [1.82, 2.24) is 4.90 Å². The third-order valence-corrected chi connectivity index (χ3v) is 4.87. The lowest BCUT2D eigenvalue weighted by Crippen LogP contribution is -2.47. The summed E-state index contributed by atoms with van der Waals surface area (Å²) in [6, 6.07) is 6.51. The monoisotopic (exact) mass is 402 g/mol. The first-order chi connectivity index (χ1) is 13.5. The third kappa shape index (κ3) is 6.08. The number of ether oxygens (including phenoxy) is 1. The first kappa shape index (κ1) is 22.5. The smallest absolute Gasteiger partial charge is 0.410 e. The predicted molar refractivity (Wildman–Crippen MR) is 111 cm³/mol. The second-order valence-corrected chi connectivity index (χ2v) is 8.75. The van der Waals surface area contributed by atoms with Crippen molar-refractivity contribution in [2.45, 2.75) is 59.1 Å². The molecule has 0 radical (unpaired) electrons. The summed E-state index contributed by atoms with van der Waals surface area (Å²) in [4.78, 5) is 27.4. The van der Waals surface area contributed by atoms with E-state index in [-0.39, 0.29) is 29.3 Å². The van der Waals surface area contributed by atoms with Crippen molar-refractivity contribution in [3.8, 4) is 6.07 Å². The van der Waals surface area contributed by atoms with Gasteiger partial charge >= 0.3 is 6.09 Å². The summed E-state index contributed by atoms with van der Waals surface area (Å²) >= 11 is 0. The van der Waals surface area contributed by atoms with E-state index in [1.54, 1.807) is 17.0 Å². The maximum atomic E-state index is 12.6. The molecule has 1 aliphatic rings. The average molecular weight is 402 g/mol. The number of piperidine rings is 1. The molecule has 1 atom stereocenters. The summed E-state index contributed by atoms with van der Waals surface area (Å²) < 4.78 is 5.54. The number of amides is 1. The van der Waals surface area contributed by atoms with Gasteiger partial charge in [0.2, 0.25) is 0 Å². The van der Waals surface area contributed by atoms with Crippen molar-refractivity contribution >= 4 is 17.5 Å². The predicted octanol–water partition coefficient (Wildman–Crippen LogP) is 4.33. The SMILES string of the molecule is CC(C)N(CC1CCCN(c2ccc(C#N)cc2[N+](=O)[O-])C1)C(=O)OC(C)(C)C. The van der Waals surface area contributed by atoms with Gasteiger partial charge < -0.3 is 14.5 Å². The topological polar surface area (TPSA) is 99.7 Å². The van der Waals surface area contributed by atoms with Crippen molar-refractivity contribution in [3.63, 3.8) is 0 Å². The van der Waals surface area contributed by atoms with E-state index >= 15 is 0 Å². The summed E-state index contributed by atoms with van der Waals surface area (Å²) in [5.41, 5.74) is 0.167. The minimum atomic E-state index is -0.564. The molecule has 1 heterocycles. The van der Waals surface area contributed by atoms with Crippen LogP contribution in [0.2, 0.25) is 0 Å². The van der Waals surface area contributed by atoms with E-state index in [9.17, 15) is 14.9 Å². The zero-order valence-corrected chi connectivity index (χ0v) is 17.8. The van der Waals surface area contributed by atoms with Crippen LogP contribution in [0.15, 0.2) is 18.2 Å². The maximum Gasteiger partial charge on any atom is 0.410 e. The minimum absolute atomic E-state index is 0.00975. The average Bonchev–Trinajstić information content (AvgIpc) is 2.64. The van der Waals surface area contributed by atoms with Gasteiger partial charge in [0.15, 0.2) is 0 Å². The molecule has 1 aromatic rings. The summed E-state index contributed by atoms with van der Waals surface area (Å²) in [5.74, 6) is 0.175. The van der Waals surface area contributed by atoms with Crippen molar-refractivity contribution in [3.05, 3.63) is 33.9 Å². The van der Waals surface area contributed by atoms with Crippen LogP contribution in [0.4, 0.5) is 16.2 Å². The number of benzene rings is 1. The molecule has 1 amide bonds. The van der Waals surface area contributed by atoms with Gasteiger partial charge in [-0.2, -0.15) is 5.26 Å². The van der Waals surface area contributed by atoms with Crippen molar-refractivity contribution in [2.24, 2.45) is 5.92 Å². The quantitative estimate of drug-likeness (QED) is 0.537. The van der Waals surface area contributed by atoms with E-state index in [1.807, 2.05) is 45.6 Å². The summed E-state index contributed by atoms with van der Waals surface area (Å²) in [6.45, 7) is 11.3. The Morgan fingerprint density at radius 3 is 2.69 bits per heavy atom. The molecule has 0 bridgehead atoms. The van der Waals surface area contributed by atoms with E-state index in [0.29, 0.717) is 25.3 Å². The van der Waals surface area contributed by atoms with Crippen LogP contribution in [0.3, 0.4) is 0 Å². The molecule has 8 heteroatoms. The zero-order valence-electron chi connectivity index (χ0n) is 17.8. The minimum Gasteiger partial charge on any atom is -0.444 e. The summed E-state index contributed by atoms with van der Waals surface area (Å²) in [5, 5.41) is 20.5. The van der Waals surface area contributed by atoms with E-state index in [1.165, 1.54) is 6.07 Å². The highest BCUT2D eigenvalue weighted by molar-refractivity contribution is 5.68. The van der Waals surface area contributed by atoms with Gasteiger partial charge in [0.1, 0.15) is 11.3 Å². The Labute approximate surface area is 172 Å². The normalized spacial score (nSPS) is 17.0. The first-order valence-electron chi connectivity index (χ1n) is 9.95. The lowest BCUT2D eigenvalue weighted by molar-refractivity contribution is -0.384. The summed E-state index contributed by atoms with van der Waals surface area (Å²) in [7, 11) is 0. The molecule has 8 nitrogen and oxygen atoms in total. The van der Waals surface area contributed by atoms with Crippen LogP contribution in [0.25, 0.3) is 0 Å². The van der Waals surface area contributed by atoms with E-state index in [2.05, 4.69) is 0 Å². The molecule has 0 aliphatic carbocycles. The number of nitrogens with zero attached hydrogens (tertiary/aromatic N) is 4. The highest BCUT2D eigenvalue weighted by atomic mass is 16.6. The largest absolute Gasteiger partial charge is 0.444 e. The van der Waals surface area contributed by atoms with Crippen LogP contribution in [0.5, 0.6) is 0 Å². The van der Waals surface area contributed by atoms with Gasteiger partial charge in [0, 0.05) is 31.7 Å². The van der Waals surface area contributed by atoms with Crippen molar-refractivity contribution in [1.29, 1.82) is 5.26 Å². The molecule has 1 fully saturated rings. The molecular weight excluding hydrogens is 372 g/mol. The second-order valence-electron chi connectivity index (χ2n) is 8.75. The Balaban J connectivity index is 2.17. The molecule has 29 heavy (non-hydrogen) atoms. The first-order valence-corrected chi connectivity index (χ1v) is 9.95. The molecule has 2 rings (SSSR count). The third-order valence-electron chi connectivity index (χ3n) is 4.87. The standard InChI is InChI=1S/C21H30N4O4/c1-15(2)24(20(26)29-21(3,4)5)14-17-7-6-10-23(13-17)18-9-8-16(12-22)11-19(18)25(27)28/h8-9,11,15,17H,6-7,10,13-14H2,1-5H3. The fraction of sp³-hybridized carbons (Fsp3) is 0.619. The van der Waals surface area contributed by atoms with Crippen LogP contribution in [-0.2, 0) is 4.74 Å². The van der Waals surface area contributed by atoms with Gasteiger partial charge in [-0.3, -0.25) is 10.1 Å². The molecule has 1 saturated heterocycles. The number of hydrogen-bond acceptors (Lipinski definition) is 6. The van der Waals surface area contributed by atoms with Gasteiger partial charge in [-0.15, -0.1) is 0 Å². The van der Waals surface area contributed by atoms with Gasteiger partial charge in [0.25, 0.3) is 5.69 Å². The molecular formula is C21H30N4O4. The van der Waals surface area contributed by atoms with Gasteiger partial charge in [-0.25, -0.2) is 4.79 Å². The molecule has 1 aromatic carbocycles. The van der Waals surface area contributed by atoms with Crippen LogP contribution in [-0.4, -0.2) is 47.2 Å².